The Morgan fingerprint density at radius 3 is 1.55 bits per heavy atom. The molecule has 2 unspecified atom stereocenters. The van der Waals surface area contributed by atoms with E-state index < -0.39 is 0 Å². The van der Waals surface area contributed by atoms with Gasteiger partial charge in [-0.25, -0.2) is 0 Å². The van der Waals surface area contributed by atoms with Crippen LogP contribution in [0.1, 0.15) is 13.8 Å². The summed E-state index contributed by atoms with van der Waals surface area (Å²) < 4.78 is 0. The van der Waals surface area contributed by atoms with Crippen molar-refractivity contribution in [2.75, 3.05) is 13.1 Å². The number of hydrogen-bond acceptors (Lipinski definition) is 4. The smallest absolute Gasteiger partial charge is 0.870 e. The Kier molecular flexibility index (Phi) is 19.1. The first-order chi connectivity index (χ1) is 4.13. The largest absolute Gasteiger partial charge is 1.00 e. The maximum atomic E-state index is 8.72. The van der Waals surface area contributed by atoms with Gasteiger partial charge < -0.3 is 21.0 Å². The van der Waals surface area contributed by atoms with Gasteiger partial charge in [-0.2, -0.15) is 0 Å². The van der Waals surface area contributed by atoms with Crippen LogP contribution in [0.25, 0.3) is 0 Å². The van der Waals surface area contributed by atoms with E-state index in [9.17, 15) is 0 Å². The number of aliphatic hydroxyl groups excluding tert-OH is 2. The van der Waals surface area contributed by atoms with Crippen LogP contribution in [-0.4, -0.2) is 41.0 Å². The van der Waals surface area contributed by atoms with Gasteiger partial charge in [-0.3, -0.25) is 0 Å². The molecule has 4 N–H and O–H groups in total. The molecule has 5 heteroatoms. The van der Waals surface area contributed by atoms with Crippen molar-refractivity contribution in [1.29, 1.82) is 0 Å². The van der Waals surface area contributed by atoms with Gasteiger partial charge in [0.25, 0.3) is 0 Å². The Balaban J connectivity index is -0.000000320. The predicted octanol–water partition coefficient (Wildman–Crippen LogP) is -3.84. The summed E-state index contributed by atoms with van der Waals surface area (Å²) >= 11 is 0. The fourth-order valence-corrected chi connectivity index (χ4v) is 0.501. The van der Waals surface area contributed by atoms with E-state index in [1.165, 1.54) is 0 Å². The quantitative estimate of drug-likeness (QED) is 0.396. The minimum Gasteiger partial charge on any atom is -0.870 e. The molecular formula is C6H16KNO3. The predicted molar refractivity (Wildman–Crippen MR) is 38.2 cm³/mol. The molecule has 2 atom stereocenters. The van der Waals surface area contributed by atoms with Gasteiger partial charge in [0, 0.05) is 13.1 Å². The third kappa shape index (κ3) is 18.4. The van der Waals surface area contributed by atoms with Crippen molar-refractivity contribution in [3.63, 3.8) is 0 Å². The molecule has 0 radical (unpaired) electrons. The zero-order valence-electron chi connectivity index (χ0n) is 7.41. The van der Waals surface area contributed by atoms with E-state index >= 15 is 0 Å². The summed E-state index contributed by atoms with van der Waals surface area (Å²) in [4.78, 5) is 0. The normalized spacial score (nSPS) is 14.2. The molecule has 64 valence electrons. The molecule has 0 aromatic heterocycles. The van der Waals surface area contributed by atoms with Crippen LogP contribution in [-0.2, 0) is 0 Å². The summed E-state index contributed by atoms with van der Waals surface area (Å²) in [5, 5.41) is 20.3. The van der Waals surface area contributed by atoms with Crippen LogP contribution < -0.4 is 56.7 Å². The maximum Gasteiger partial charge on any atom is 1.00 e. The number of rotatable bonds is 4. The first kappa shape index (κ1) is 18.3. The molecule has 0 aliphatic carbocycles. The summed E-state index contributed by atoms with van der Waals surface area (Å²) in [6.07, 6.45) is -0.660. The van der Waals surface area contributed by atoms with Crippen LogP contribution >= 0.6 is 0 Å². The van der Waals surface area contributed by atoms with E-state index in [2.05, 4.69) is 5.32 Å². The fourth-order valence-electron chi connectivity index (χ4n) is 0.501. The van der Waals surface area contributed by atoms with Crippen LogP contribution in [0.2, 0.25) is 0 Å². The molecular weight excluding hydrogens is 173 g/mol. The summed E-state index contributed by atoms with van der Waals surface area (Å²) in [6, 6.07) is 0. The van der Waals surface area contributed by atoms with Crippen molar-refractivity contribution < 1.29 is 67.1 Å². The Morgan fingerprint density at radius 1 is 1.09 bits per heavy atom. The number of aliphatic hydroxyl groups is 2. The Bertz CT molecular complexity index is 62.8. The first-order valence-electron chi connectivity index (χ1n) is 3.19. The van der Waals surface area contributed by atoms with Crippen LogP contribution in [0.5, 0.6) is 0 Å². The minimum absolute atomic E-state index is 0. The summed E-state index contributed by atoms with van der Waals surface area (Å²) in [6.45, 7) is 4.50. The molecule has 0 saturated carbocycles. The van der Waals surface area contributed by atoms with Gasteiger partial charge in [0.15, 0.2) is 0 Å². The molecule has 0 aliphatic rings. The third-order valence-corrected chi connectivity index (χ3v) is 0.879. The molecule has 4 nitrogen and oxygen atoms in total. The van der Waals surface area contributed by atoms with Crippen LogP contribution in [0.3, 0.4) is 0 Å². The van der Waals surface area contributed by atoms with E-state index in [0.717, 1.165) is 0 Å². The Morgan fingerprint density at radius 2 is 1.36 bits per heavy atom. The standard InChI is InChI=1S/C6H15NO2.K.H2O/c1-5(8)3-7-4-6(2)9;;/h5-9H,3-4H2,1-2H3;;1H2/q;+1;/p-1. The van der Waals surface area contributed by atoms with E-state index in [0.29, 0.717) is 13.1 Å². The van der Waals surface area contributed by atoms with Gasteiger partial charge in [-0.05, 0) is 13.8 Å². The van der Waals surface area contributed by atoms with Gasteiger partial charge in [-0.1, -0.05) is 0 Å². The van der Waals surface area contributed by atoms with Gasteiger partial charge in [-0.15, -0.1) is 0 Å². The second-order valence-corrected chi connectivity index (χ2v) is 2.36. The zero-order chi connectivity index (χ0) is 7.28. The topological polar surface area (TPSA) is 82.5 Å². The minimum atomic E-state index is -0.330. The molecule has 0 fully saturated rings. The second-order valence-electron chi connectivity index (χ2n) is 2.36. The first-order valence-corrected chi connectivity index (χ1v) is 3.19. The molecule has 0 aromatic carbocycles. The molecule has 0 saturated heterocycles. The monoisotopic (exact) mass is 189 g/mol. The molecule has 0 aromatic rings. The Hall–Kier alpha value is 1.48. The molecule has 0 amide bonds. The van der Waals surface area contributed by atoms with E-state index in [4.69, 9.17) is 10.2 Å². The second kappa shape index (κ2) is 11.5. The molecule has 0 bridgehead atoms. The van der Waals surface area contributed by atoms with Crippen molar-refractivity contribution in [3.05, 3.63) is 0 Å². The molecule has 0 heterocycles. The van der Waals surface area contributed by atoms with Crippen molar-refractivity contribution >= 4 is 0 Å². The van der Waals surface area contributed by atoms with Gasteiger partial charge in [0.1, 0.15) is 0 Å². The fraction of sp³-hybridized carbons (Fsp3) is 1.00. The van der Waals surface area contributed by atoms with Crippen molar-refractivity contribution in [2.24, 2.45) is 0 Å². The molecule has 11 heavy (non-hydrogen) atoms. The summed E-state index contributed by atoms with van der Waals surface area (Å²) in [5.41, 5.74) is 0. The number of nitrogens with one attached hydrogen (secondary N) is 1. The van der Waals surface area contributed by atoms with Crippen molar-refractivity contribution in [2.45, 2.75) is 26.1 Å². The summed E-state index contributed by atoms with van der Waals surface area (Å²) in [5.74, 6) is 0. The van der Waals surface area contributed by atoms with Crippen molar-refractivity contribution in [3.8, 4) is 0 Å². The average Bonchev–Trinajstić information content (AvgIpc) is 1.63. The van der Waals surface area contributed by atoms with Gasteiger partial charge in [0.05, 0.1) is 12.2 Å². The van der Waals surface area contributed by atoms with Crippen LogP contribution in [0.15, 0.2) is 0 Å². The van der Waals surface area contributed by atoms with Crippen molar-refractivity contribution in [1.82, 2.24) is 5.32 Å². The summed E-state index contributed by atoms with van der Waals surface area (Å²) in [7, 11) is 0. The van der Waals surface area contributed by atoms with Crippen LogP contribution in [0, 0.1) is 0 Å². The maximum absolute atomic E-state index is 8.72. The van der Waals surface area contributed by atoms with Crippen LogP contribution in [0.4, 0.5) is 0 Å². The molecule has 0 aliphatic heterocycles. The number of hydrogen-bond donors (Lipinski definition) is 3. The van der Waals surface area contributed by atoms with E-state index in [1.54, 1.807) is 13.8 Å². The SMILES string of the molecule is CC(O)CNCC(C)O.[K+].[OH-]. The average molecular weight is 189 g/mol. The Labute approximate surface area is 110 Å². The molecule has 0 rings (SSSR count). The third-order valence-electron chi connectivity index (χ3n) is 0.879. The van der Waals surface area contributed by atoms with E-state index in [-0.39, 0.29) is 69.1 Å². The zero-order valence-corrected chi connectivity index (χ0v) is 10.5. The van der Waals surface area contributed by atoms with Gasteiger partial charge >= 0.3 is 51.4 Å². The van der Waals surface area contributed by atoms with Gasteiger partial charge in [0.2, 0.25) is 0 Å². The van der Waals surface area contributed by atoms with E-state index in [1.807, 2.05) is 0 Å². The molecule has 0 spiro atoms.